The smallest absolute Gasteiger partial charge is 0.180 e. The van der Waals surface area contributed by atoms with Gasteiger partial charge in [0.25, 0.3) is 0 Å². The first kappa shape index (κ1) is 10.7. The molecule has 5 heteroatoms. The minimum atomic E-state index is -0.0554. The first-order valence-electron chi connectivity index (χ1n) is 4.44. The summed E-state index contributed by atoms with van der Waals surface area (Å²) in [7, 11) is 0. The van der Waals surface area contributed by atoms with E-state index in [-0.39, 0.29) is 5.60 Å². The molecule has 0 aromatic rings. The molecule has 0 amide bonds. The molecule has 0 bridgehead atoms. The highest BCUT2D eigenvalue weighted by atomic mass is 32.1. The topological polar surface area (TPSA) is 59.3 Å². The molecule has 0 aromatic heterocycles. The van der Waals surface area contributed by atoms with Crippen LogP contribution in [0.15, 0.2) is 0 Å². The summed E-state index contributed by atoms with van der Waals surface area (Å²) in [4.78, 5) is 0. The molecule has 1 unspecified atom stereocenters. The highest BCUT2D eigenvalue weighted by molar-refractivity contribution is 7.80. The number of thiocarbonyl (C=S) groups is 1. The van der Waals surface area contributed by atoms with E-state index in [1.165, 1.54) is 0 Å². The van der Waals surface area contributed by atoms with Crippen LogP contribution in [0.4, 0.5) is 0 Å². The van der Waals surface area contributed by atoms with Gasteiger partial charge >= 0.3 is 0 Å². The molecule has 1 aliphatic rings. The molecule has 4 nitrogen and oxygen atoms in total. The van der Waals surface area contributed by atoms with Crippen molar-refractivity contribution >= 4 is 17.3 Å². The van der Waals surface area contributed by atoms with Crippen LogP contribution in [0.2, 0.25) is 0 Å². The van der Waals surface area contributed by atoms with Crippen LogP contribution >= 0.6 is 12.2 Å². The largest absolute Gasteiger partial charge is 0.375 e. The van der Waals surface area contributed by atoms with E-state index in [2.05, 4.69) is 24.6 Å². The summed E-state index contributed by atoms with van der Waals surface area (Å²) >= 11 is 4.92. The molecule has 4 N–H and O–H groups in total. The van der Waals surface area contributed by atoms with E-state index in [0.717, 1.165) is 19.4 Å². The predicted octanol–water partition coefficient (Wildman–Crippen LogP) is 0.282. The van der Waals surface area contributed by atoms with Crippen LogP contribution in [0.1, 0.15) is 26.7 Å². The maximum absolute atomic E-state index is 5.58. The predicted molar refractivity (Wildman–Crippen MR) is 56.1 cm³/mol. The van der Waals surface area contributed by atoms with Gasteiger partial charge in [0.05, 0.1) is 5.60 Å². The average molecular weight is 203 g/mol. The van der Waals surface area contributed by atoms with Crippen molar-refractivity contribution in [2.45, 2.75) is 38.3 Å². The Morgan fingerprint density at radius 2 is 2.31 bits per heavy atom. The van der Waals surface area contributed by atoms with Crippen LogP contribution in [-0.2, 0) is 4.74 Å². The molecule has 0 aromatic carbocycles. The molecule has 1 saturated heterocycles. The monoisotopic (exact) mass is 203 g/mol. The quantitative estimate of drug-likeness (QED) is 0.325. The molecule has 0 saturated carbocycles. The number of hydrogen-bond acceptors (Lipinski definition) is 3. The number of nitrogens with two attached hydrogens (primary N) is 1. The summed E-state index contributed by atoms with van der Waals surface area (Å²) in [6.45, 7) is 4.94. The highest BCUT2D eigenvalue weighted by Gasteiger charge is 2.28. The standard InChI is InChI=1S/C8H17N3OS/c1-8(2)5-6(3-4-12-8)10-7(13)11-9/h6H,3-5,9H2,1-2H3,(H2,10,11,13). The fourth-order valence-corrected chi connectivity index (χ4v) is 1.75. The molecule has 1 aliphatic heterocycles. The number of nitrogens with one attached hydrogen (secondary N) is 2. The third kappa shape index (κ3) is 3.46. The SMILES string of the molecule is CC1(C)CC(NC(=S)NN)CCO1. The minimum Gasteiger partial charge on any atom is -0.375 e. The second-order valence-corrected chi connectivity index (χ2v) is 4.32. The first-order chi connectivity index (χ1) is 6.03. The summed E-state index contributed by atoms with van der Waals surface area (Å²) in [6.07, 6.45) is 1.93. The molecule has 1 fully saturated rings. The average Bonchev–Trinajstić information content (AvgIpc) is 2.02. The molecule has 1 rings (SSSR count). The lowest BCUT2D eigenvalue weighted by Crippen LogP contribution is -2.50. The van der Waals surface area contributed by atoms with E-state index in [9.17, 15) is 0 Å². The van der Waals surface area contributed by atoms with Crippen LogP contribution in [0.3, 0.4) is 0 Å². The summed E-state index contributed by atoms with van der Waals surface area (Å²) in [5.74, 6) is 5.17. The lowest BCUT2D eigenvalue weighted by Gasteiger charge is -2.36. The zero-order valence-corrected chi connectivity index (χ0v) is 8.91. The normalized spacial score (nSPS) is 26.5. The third-order valence-electron chi connectivity index (χ3n) is 2.16. The Morgan fingerprint density at radius 3 is 2.85 bits per heavy atom. The fourth-order valence-electron chi connectivity index (χ4n) is 1.58. The van der Waals surface area contributed by atoms with Gasteiger partial charge in [-0.25, -0.2) is 5.84 Å². The van der Waals surface area contributed by atoms with Gasteiger partial charge in [0.15, 0.2) is 5.11 Å². The maximum atomic E-state index is 5.58. The molecule has 0 radical (unpaired) electrons. The zero-order valence-electron chi connectivity index (χ0n) is 8.09. The molecule has 76 valence electrons. The van der Waals surface area contributed by atoms with Crippen LogP contribution in [0.5, 0.6) is 0 Å². The van der Waals surface area contributed by atoms with E-state index in [0.29, 0.717) is 11.2 Å². The van der Waals surface area contributed by atoms with Gasteiger partial charge in [-0.15, -0.1) is 0 Å². The number of ether oxygens (including phenoxy) is 1. The van der Waals surface area contributed by atoms with Gasteiger partial charge in [0.1, 0.15) is 0 Å². The van der Waals surface area contributed by atoms with Gasteiger partial charge in [0, 0.05) is 12.6 Å². The van der Waals surface area contributed by atoms with Gasteiger partial charge in [-0.3, -0.25) is 0 Å². The van der Waals surface area contributed by atoms with Crippen molar-refractivity contribution in [1.29, 1.82) is 0 Å². The van der Waals surface area contributed by atoms with Gasteiger partial charge < -0.3 is 15.5 Å². The van der Waals surface area contributed by atoms with Crippen molar-refractivity contribution in [2.24, 2.45) is 5.84 Å². The Labute approximate surface area is 84.2 Å². The van der Waals surface area contributed by atoms with Crippen LogP contribution < -0.4 is 16.6 Å². The van der Waals surface area contributed by atoms with E-state index < -0.39 is 0 Å². The Bertz CT molecular complexity index is 196. The summed E-state index contributed by atoms with van der Waals surface area (Å²) in [6, 6.07) is 0.368. The van der Waals surface area contributed by atoms with E-state index in [4.69, 9.17) is 22.8 Å². The molecule has 1 atom stereocenters. The van der Waals surface area contributed by atoms with Crippen molar-refractivity contribution in [3.63, 3.8) is 0 Å². The van der Waals surface area contributed by atoms with Crippen LogP contribution in [0.25, 0.3) is 0 Å². The van der Waals surface area contributed by atoms with E-state index in [1.807, 2.05) is 0 Å². The molecule has 13 heavy (non-hydrogen) atoms. The van der Waals surface area contributed by atoms with E-state index in [1.54, 1.807) is 0 Å². The molecule has 0 aliphatic carbocycles. The van der Waals surface area contributed by atoms with Crippen molar-refractivity contribution < 1.29 is 4.74 Å². The second kappa shape index (κ2) is 4.21. The Kier molecular flexibility index (Phi) is 3.47. The van der Waals surface area contributed by atoms with Gasteiger partial charge in [0.2, 0.25) is 0 Å². The van der Waals surface area contributed by atoms with Crippen molar-refractivity contribution in [2.75, 3.05) is 6.61 Å². The van der Waals surface area contributed by atoms with Crippen LogP contribution in [0, 0.1) is 0 Å². The molecule has 1 heterocycles. The minimum absolute atomic E-state index is 0.0554. The first-order valence-corrected chi connectivity index (χ1v) is 4.85. The van der Waals surface area contributed by atoms with Crippen molar-refractivity contribution in [3.8, 4) is 0 Å². The van der Waals surface area contributed by atoms with Crippen molar-refractivity contribution in [3.05, 3.63) is 0 Å². The van der Waals surface area contributed by atoms with Crippen LogP contribution in [-0.4, -0.2) is 23.4 Å². The summed E-state index contributed by atoms with van der Waals surface area (Å²) in [5.41, 5.74) is 2.36. The molecule has 0 spiro atoms. The summed E-state index contributed by atoms with van der Waals surface area (Å²) in [5, 5.41) is 3.64. The van der Waals surface area contributed by atoms with Gasteiger partial charge in [-0.05, 0) is 38.9 Å². The van der Waals surface area contributed by atoms with Gasteiger partial charge in [-0.2, -0.15) is 0 Å². The lowest BCUT2D eigenvalue weighted by atomic mass is 9.94. The fraction of sp³-hybridized carbons (Fsp3) is 0.875. The Balaban J connectivity index is 2.39. The Morgan fingerprint density at radius 1 is 1.62 bits per heavy atom. The molecular formula is C8H17N3OS. The number of hydrogen-bond donors (Lipinski definition) is 3. The number of hydrazine groups is 1. The number of rotatable bonds is 1. The van der Waals surface area contributed by atoms with Crippen molar-refractivity contribution in [1.82, 2.24) is 10.7 Å². The van der Waals surface area contributed by atoms with Gasteiger partial charge in [-0.1, -0.05) is 0 Å². The lowest BCUT2D eigenvalue weighted by molar-refractivity contribution is -0.0604. The second-order valence-electron chi connectivity index (χ2n) is 3.92. The maximum Gasteiger partial charge on any atom is 0.180 e. The van der Waals surface area contributed by atoms with E-state index >= 15 is 0 Å². The Hall–Kier alpha value is -0.390. The zero-order chi connectivity index (χ0) is 9.90. The third-order valence-corrected chi connectivity index (χ3v) is 2.40. The molecular weight excluding hydrogens is 186 g/mol. The summed E-state index contributed by atoms with van der Waals surface area (Å²) < 4.78 is 5.58. The highest BCUT2D eigenvalue weighted by Crippen LogP contribution is 2.23.